The third-order valence-electron chi connectivity index (χ3n) is 3.61. The van der Waals surface area contributed by atoms with Gasteiger partial charge in [0.25, 0.3) is 0 Å². The van der Waals surface area contributed by atoms with Gasteiger partial charge >= 0.3 is 5.97 Å². The Morgan fingerprint density at radius 2 is 1.92 bits per heavy atom. The van der Waals surface area contributed by atoms with Gasteiger partial charge in [-0.1, -0.05) is 43.7 Å². The van der Waals surface area contributed by atoms with Crippen LogP contribution < -0.4 is 4.74 Å². The highest BCUT2D eigenvalue weighted by Gasteiger charge is 2.17. The second-order valence-electron chi connectivity index (χ2n) is 5.42. The normalized spacial score (nSPS) is 11.1. The molecule has 0 fully saturated rings. The molecule has 0 saturated heterocycles. The van der Waals surface area contributed by atoms with E-state index in [9.17, 15) is 4.79 Å². The number of nitrogens with zero attached hydrogens (tertiary/aromatic N) is 1. The summed E-state index contributed by atoms with van der Waals surface area (Å²) >= 11 is 0. The smallest absolute Gasteiger partial charge is 0.341 e. The third-order valence-corrected chi connectivity index (χ3v) is 3.61. The fourth-order valence-corrected chi connectivity index (χ4v) is 2.44. The van der Waals surface area contributed by atoms with Crippen molar-refractivity contribution in [2.24, 2.45) is 0 Å². The van der Waals surface area contributed by atoms with Gasteiger partial charge in [0.1, 0.15) is 12.2 Å². The van der Waals surface area contributed by atoms with Crippen molar-refractivity contribution in [3.63, 3.8) is 0 Å². The molecule has 1 aromatic carbocycles. The molecule has 0 aliphatic heterocycles. The van der Waals surface area contributed by atoms with Gasteiger partial charge in [-0.05, 0) is 23.6 Å². The number of ether oxygens (including phenoxy) is 3. The maximum Gasteiger partial charge on any atom is 0.341 e. The zero-order chi connectivity index (χ0) is 18.1. The molecular formula is C20H23NO4. The first kappa shape index (κ1) is 18.5. The number of aryl methyl sites for hydroxylation is 1. The SMILES string of the molecule is CCCc1cccc(OCc2ccccc2/C(=C\OC)C(=O)OC)n1. The van der Waals surface area contributed by atoms with Crippen LogP contribution in [0.5, 0.6) is 5.88 Å². The molecule has 1 aromatic heterocycles. The van der Waals surface area contributed by atoms with Crippen molar-refractivity contribution in [1.82, 2.24) is 4.98 Å². The Morgan fingerprint density at radius 1 is 1.12 bits per heavy atom. The zero-order valence-electron chi connectivity index (χ0n) is 14.8. The molecule has 0 bridgehead atoms. The maximum atomic E-state index is 12.0. The molecule has 0 atom stereocenters. The van der Waals surface area contributed by atoms with E-state index in [1.165, 1.54) is 20.5 Å². The third kappa shape index (κ3) is 5.08. The fourth-order valence-electron chi connectivity index (χ4n) is 2.44. The van der Waals surface area contributed by atoms with E-state index < -0.39 is 5.97 Å². The van der Waals surface area contributed by atoms with Gasteiger partial charge in [-0.25, -0.2) is 9.78 Å². The zero-order valence-corrected chi connectivity index (χ0v) is 14.8. The summed E-state index contributed by atoms with van der Waals surface area (Å²) in [5.41, 5.74) is 2.90. The lowest BCUT2D eigenvalue weighted by Gasteiger charge is -2.12. The number of aromatic nitrogens is 1. The van der Waals surface area contributed by atoms with E-state index in [0.717, 1.165) is 24.1 Å². The lowest BCUT2D eigenvalue weighted by molar-refractivity contribution is -0.133. The van der Waals surface area contributed by atoms with Crippen molar-refractivity contribution in [3.8, 4) is 5.88 Å². The lowest BCUT2D eigenvalue weighted by atomic mass is 10.0. The highest BCUT2D eigenvalue weighted by atomic mass is 16.5. The van der Waals surface area contributed by atoms with Crippen molar-refractivity contribution in [3.05, 3.63) is 65.5 Å². The first-order valence-corrected chi connectivity index (χ1v) is 8.17. The maximum absolute atomic E-state index is 12.0. The van der Waals surface area contributed by atoms with Gasteiger partial charge in [0, 0.05) is 11.8 Å². The minimum atomic E-state index is -0.461. The van der Waals surface area contributed by atoms with Crippen molar-refractivity contribution >= 4 is 11.5 Å². The molecule has 25 heavy (non-hydrogen) atoms. The van der Waals surface area contributed by atoms with Gasteiger partial charge in [-0.15, -0.1) is 0 Å². The number of hydrogen-bond donors (Lipinski definition) is 0. The highest BCUT2D eigenvalue weighted by Crippen LogP contribution is 2.22. The molecule has 0 N–H and O–H groups in total. The number of methoxy groups -OCH3 is 2. The van der Waals surface area contributed by atoms with E-state index in [-0.39, 0.29) is 6.61 Å². The minimum Gasteiger partial charge on any atom is -0.503 e. The molecule has 0 spiro atoms. The Hall–Kier alpha value is -2.82. The van der Waals surface area contributed by atoms with Crippen LogP contribution in [-0.2, 0) is 27.3 Å². The second kappa shape index (κ2) is 9.47. The van der Waals surface area contributed by atoms with Gasteiger partial charge in [-0.3, -0.25) is 0 Å². The number of carbonyl (C=O) groups excluding carboxylic acids is 1. The molecule has 0 aliphatic rings. The van der Waals surface area contributed by atoms with E-state index in [2.05, 4.69) is 11.9 Å². The van der Waals surface area contributed by atoms with Crippen LogP contribution in [0.1, 0.15) is 30.2 Å². The second-order valence-corrected chi connectivity index (χ2v) is 5.42. The predicted molar refractivity (Wildman–Crippen MR) is 96.0 cm³/mol. The van der Waals surface area contributed by atoms with Crippen molar-refractivity contribution in [2.45, 2.75) is 26.4 Å². The molecule has 0 amide bonds. The summed E-state index contributed by atoms with van der Waals surface area (Å²) in [5.74, 6) is 0.105. The Balaban J connectivity index is 2.22. The summed E-state index contributed by atoms with van der Waals surface area (Å²) in [4.78, 5) is 16.5. The van der Waals surface area contributed by atoms with E-state index in [1.807, 2.05) is 42.5 Å². The average Bonchev–Trinajstić information content (AvgIpc) is 2.65. The number of carbonyl (C=O) groups is 1. The standard InChI is InChI=1S/C20H23NO4/c1-4-8-16-10-7-12-19(21-16)25-13-15-9-5-6-11-17(15)18(14-23-2)20(22)24-3/h5-7,9-12,14H,4,8,13H2,1-3H3/b18-14+. The van der Waals surface area contributed by atoms with Gasteiger partial charge in [0.15, 0.2) is 0 Å². The monoisotopic (exact) mass is 341 g/mol. The van der Waals surface area contributed by atoms with Gasteiger partial charge in [-0.2, -0.15) is 0 Å². The van der Waals surface area contributed by atoms with Crippen molar-refractivity contribution in [1.29, 1.82) is 0 Å². The summed E-state index contributed by atoms with van der Waals surface area (Å²) in [7, 11) is 2.83. The van der Waals surface area contributed by atoms with Crippen LogP contribution in [0.15, 0.2) is 48.7 Å². The molecule has 5 nitrogen and oxygen atoms in total. The predicted octanol–water partition coefficient (Wildman–Crippen LogP) is 3.77. The molecule has 5 heteroatoms. The molecule has 0 radical (unpaired) electrons. The highest BCUT2D eigenvalue weighted by molar-refractivity contribution is 6.16. The van der Waals surface area contributed by atoms with E-state index in [1.54, 1.807) is 0 Å². The Bertz CT molecular complexity index is 740. The van der Waals surface area contributed by atoms with Crippen molar-refractivity contribution in [2.75, 3.05) is 14.2 Å². The van der Waals surface area contributed by atoms with Gasteiger partial charge < -0.3 is 14.2 Å². The number of hydrogen-bond acceptors (Lipinski definition) is 5. The summed E-state index contributed by atoms with van der Waals surface area (Å²) in [6, 6.07) is 13.2. The summed E-state index contributed by atoms with van der Waals surface area (Å²) in [5, 5.41) is 0. The number of benzene rings is 1. The summed E-state index contributed by atoms with van der Waals surface area (Å²) < 4.78 is 15.7. The molecule has 0 saturated carbocycles. The largest absolute Gasteiger partial charge is 0.503 e. The van der Waals surface area contributed by atoms with Gasteiger partial charge in [0.05, 0.1) is 20.5 Å². The average molecular weight is 341 g/mol. The molecule has 1 heterocycles. The van der Waals surface area contributed by atoms with Crippen LogP contribution in [0.2, 0.25) is 0 Å². The van der Waals surface area contributed by atoms with Crippen LogP contribution in [0, 0.1) is 0 Å². The van der Waals surface area contributed by atoms with Gasteiger partial charge in [0.2, 0.25) is 5.88 Å². The molecule has 132 valence electrons. The Morgan fingerprint density at radius 3 is 2.64 bits per heavy atom. The summed E-state index contributed by atoms with van der Waals surface area (Å²) in [6.07, 6.45) is 3.32. The number of pyridine rings is 1. The number of rotatable bonds is 8. The van der Waals surface area contributed by atoms with Crippen molar-refractivity contribution < 1.29 is 19.0 Å². The molecule has 2 rings (SSSR count). The molecule has 0 aliphatic carbocycles. The lowest BCUT2D eigenvalue weighted by Crippen LogP contribution is -2.08. The summed E-state index contributed by atoms with van der Waals surface area (Å²) in [6.45, 7) is 2.40. The Labute approximate surface area is 148 Å². The van der Waals surface area contributed by atoms with Crippen LogP contribution in [0.4, 0.5) is 0 Å². The molecular weight excluding hydrogens is 318 g/mol. The molecule has 2 aromatic rings. The fraction of sp³-hybridized carbons (Fsp3) is 0.300. The molecule has 0 unspecified atom stereocenters. The number of esters is 1. The first-order chi connectivity index (χ1) is 12.2. The van der Waals surface area contributed by atoms with E-state index in [4.69, 9.17) is 14.2 Å². The topological polar surface area (TPSA) is 57.7 Å². The van der Waals surface area contributed by atoms with Crippen LogP contribution in [-0.4, -0.2) is 25.2 Å². The Kier molecular flexibility index (Phi) is 7.01. The van der Waals surface area contributed by atoms with Crippen LogP contribution in [0.3, 0.4) is 0 Å². The van der Waals surface area contributed by atoms with Crippen LogP contribution in [0.25, 0.3) is 5.57 Å². The van der Waals surface area contributed by atoms with Crippen LogP contribution >= 0.6 is 0 Å². The van der Waals surface area contributed by atoms with E-state index in [0.29, 0.717) is 17.0 Å². The van der Waals surface area contributed by atoms with E-state index >= 15 is 0 Å². The minimum absolute atomic E-state index is 0.288. The quantitative estimate of drug-likeness (QED) is 0.415. The first-order valence-electron chi connectivity index (χ1n) is 8.17.